The molecule has 0 saturated heterocycles. The van der Waals surface area contributed by atoms with E-state index in [1.165, 1.54) is 0 Å². The minimum absolute atomic E-state index is 0.0747. The summed E-state index contributed by atoms with van der Waals surface area (Å²) < 4.78 is 15.8. The molecule has 1 N–H and O–H groups in total. The van der Waals surface area contributed by atoms with Gasteiger partial charge < -0.3 is 19.0 Å². The molecule has 1 aromatic carbocycles. The molecule has 2 aromatic rings. The molecule has 0 atom stereocenters. The van der Waals surface area contributed by atoms with Gasteiger partial charge in [-0.2, -0.15) is 0 Å². The van der Waals surface area contributed by atoms with E-state index in [2.05, 4.69) is 4.98 Å². The van der Waals surface area contributed by atoms with E-state index in [0.717, 1.165) is 12.8 Å². The minimum Gasteiger partial charge on any atom is -0.497 e. The monoisotopic (exact) mass is 289 g/mol. The van der Waals surface area contributed by atoms with Crippen molar-refractivity contribution in [2.45, 2.75) is 18.8 Å². The van der Waals surface area contributed by atoms with Gasteiger partial charge in [-0.3, -0.25) is 0 Å². The molecule has 1 aliphatic rings. The van der Waals surface area contributed by atoms with Gasteiger partial charge in [0.25, 0.3) is 0 Å². The number of carboxylic acids is 1. The van der Waals surface area contributed by atoms with E-state index in [4.69, 9.17) is 13.9 Å². The van der Waals surface area contributed by atoms with Crippen molar-refractivity contribution >= 4 is 5.97 Å². The van der Waals surface area contributed by atoms with Crippen molar-refractivity contribution in [2.24, 2.45) is 0 Å². The molecular weight excluding hydrogens is 274 g/mol. The maximum absolute atomic E-state index is 11.3. The molecule has 0 unspecified atom stereocenters. The molecule has 0 amide bonds. The molecule has 0 aliphatic heterocycles. The molecule has 6 heteroatoms. The zero-order valence-corrected chi connectivity index (χ0v) is 11.8. The van der Waals surface area contributed by atoms with Crippen LogP contribution in [0.15, 0.2) is 22.6 Å². The van der Waals surface area contributed by atoms with Crippen LogP contribution in [-0.2, 0) is 0 Å². The maximum atomic E-state index is 11.3. The smallest absolute Gasteiger partial charge is 0.373 e. The number of ether oxygens (including phenoxy) is 2. The molecule has 0 spiro atoms. The molecule has 110 valence electrons. The number of hydrogen-bond acceptors (Lipinski definition) is 5. The Bertz CT molecular complexity index is 665. The molecule has 1 saturated carbocycles. The number of hydrogen-bond donors (Lipinski definition) is 1. The average Bonchev–Trinajstić information content (AvgIpc) is 3.24. The number of oxazole rings is 1. The van der Waals surface area contributed by atoms with Crippen LogP contribution in [0.1, 0.15) is 35.0 Å². The Kier molecular flexibility index (Phi) is 3.29. The number of nitrogens with zero attached hydrogens (tertiary/aromatic N) is 1. The van der Waals surface area contributed by atoms with E-state index in [0.29, 0.717) is 22.8 Å². The summed E-state index contributed by atoms with van der Waals surface area (Å²) in [5.74, 6) is 0.479. The van der Waals surface area contributed by atoms with Crippen molar-refractivity contribution in [1.29, 1.82) is 0 Å². The third kappa shape index (κ3) is 2.56. The van der Waals surface area contributed by atoms with Crippen LogP contribution in [0.25, 0.3) is 11.5 Å². The second-order valence-corrected chi connectivity index (χ2v) is 4.91. The molecule has 1 aliphatic carbocycles. The van der Waals surface area contributed by atoms with E-state index in [1.54, 1.807) is 32.4 Å². The number of benzene rings is 1. The van der Waals surface area contributed by atoms with E-state index in [1.807, 2.05) is 0 Å². The van der Waals surface area contributed by atoms with Gasteiger partial charge in [-0.15, -0.1) is 0 Å². The van der Waals surface area contributed by atoms with Crippen LogP contribution in [-0.4, -0.2) is 30.3 Å². The van der Waals surface area contributed by atoms with E-state index in [9.17, 15) is 9.90 Å². The SMILES string of the molecule is COc1cc(OC)cc(-c2nc(C3CC3)c(C(=O)O)o2)c1. The fourth-order valence-electron chi connectivity index (χ4n) is 2.17. The van der Waals surface area contributed by atoms with Gasteiger partial charge in [0.2, 0.25) is 11.7 Å². The van der Waals surface area contributed by atoms with E-state index < -0.39 is 5.97 Å². The van der Waals surface area contributed by atoms with Crippen molar-refractivity contribution in [3.63, 3.8) is 0 Å². The van der Waals surface area contributed by atoms with Crippen LogP contribution in [0.2, 0.25) is 0 Å². The zero-order valence-electron chi connectivity index (χ0n) is 11.8. The highest BCUT2D eigenvalue weighted by Gasteiger charge is 2.33. The number of carbonyl (C=O) groups is 1. The van der Waals surface area contributed by atoms with Gasteiger partial charge in [0.15, 0.2) is 0 Å². The molecular formula is C15H15NO5. The van der Waals surface area contributed by atoms with Gasteiger partial charge in [0.1, 0.15) is 11.5 Å². The van der Waals surface area contributed by atoms with Crippen LogP contribution < -0.4 is 9.47 Å². The largest absolute Gasteiger partial charge is 0.497 e. The summed E-state index contributed by atoms with van der Waals surface area (Å²) in [5.41, 5.74) is 1.15. The van der Waals surface area contributed by atoms with Crippen molar-refractivity contribution in [1.82, 2.24) is 4.98 Å². The number of aromatic carboxylic acids is 1. The quantitative estimate of drug-likeness (QED) is 0.911. The van der Waals surface area contributed by atoms with Crippen molar-refractivity contribution in [2.75, 3.05) is 14.2 Å². The lowest BCUT2D eigenvalue weighted by molar-refractivity contribution is 0.0661. The van der Waals surface area contributed by atoms with E-state index in [-0.39, 0.29) is 17.6 Å². The molecule has 0 radical (unpaired) electrons. The Morgan fingerprint density at radius 3 is 2.33 bits per heavy atom. The summed E-state index contributed by atoms with van der Waals surface area (Å²) in [6, 6.07) is 5.19. The summed E-state index contributed by atoms with van der Waals surface area (Å²) in [6.45, 7) is 0. The van der Waals surface area contributed by atoms with E-state index >= 15 is 0 Å². The Labute approximate surface area is 121 Å². The summed E-state index contributed by atoms with van der Waals surface area (Å²) >= 11 is 0. The highest BCUT2D eigenvalue weighted by Crippen LogP contribution is 2.42. The van der Waals surface area contributed by atoms with Crippen LogP contribution in [0.3, 0.4) is 0 Å². The van der Waals surface area contributed by atoms with Crippen molar-refractivity contribution < 1.29 is 23.8 Å². The minimum atomic E-state index is -1.09. The zero-order chi connectivity index (χ0) is 15.0. The van der Waals surface area contributed by atoms with Crippen LogP contribution >= 0.6 is 0 Å². The van der Waals surface area contributed by atoms with Crippen LogP contribution in [0.4, 0.5) is 0 Å². The lowest BCUT2D eigenvalue weighted by Gasteiger charge is -2.06. The molecule has 0 bridgehead atoms. The Hall–Kier alpha value is -2.50. The number of carboxylic acid groups (broad SMARTS) is 1. The Balaban J connectivity index is 2.07. The van der Waals surface area contributed by atoms with Gasteiger partial charge in [0, 0.05) is 17.5 Å². The fourth-order valence-corrected chi connectivity index (χ4v) is 2.17. The number of aromatic nitrogens is 1. The fraction of sp³-hybridized carbons (Fsp3) is 0.333. The second-order valence-electron chi connectivity index (χ2n) is 4.91. The van der Waals surface area contributed by atoms with Gasteiger partial charge >= 0.3 is 5.97 Å². The molecule has 1 aromatic heterocycles. The third-order valence-electron chi connectivity index (χ3n) is 3.41. The van der Waals surface area contributed by atoms with Gasteiger partial charge in [-0.1, -0.05) is 0 Å². The maximum Gasteiger partial charge on any atom is 0.373 e. The van der Waals surface area contributed by atoms with Gasteiger partial charge in [-0.25, -0.2) is 9.78 Å². The molecule has 21 heavy (non-hydrogen) atoms. The first-order valence-corrected chi connectivity index (χ1v) is 6.60. The van der Waals surface area contributed by atoms with Gasteiger partial charge in [-0.05, 0) is 25.0 Å². The molecule has 3 rings (SSSR count). The first-order valence-electron chi connectivity index (χ1n) is 6.60. The van der Waals surface area contributed by atoms with Crippen molar-refractivity contribution in [3.05, 3.63) is 29.7 Å². The topological polar surface area (TPSA) is 81.8 Å². The first kappa shape index (κ1) is 13.5. The Morgan fingerprint density at radius 1 is 1.24 bits per heavy atom. The summed E-state index contributed by atoms with van der Waals surface area (Å²) in [4.78, 5) is 15.6. The summed E-state index contributed by atoms with van der Waals surface area (Å²) in [6.07, 6.45) is 1.90. The average molecular weight is 289 g/mol. The lowest BCUT2D eigenvalue weighted by atomic mass is 10.2. The summed E-state index contributed by atoms with van der Waals surface area (Å²) in [5, 5.41) is 9.22. The Morgan fingerprint density at radius 2 is 1.86 bits per heavy atom. The number of rotatable bonds is 5. The van der Waals surface area contributed by atoms with Crippen molar-refractivity contribution in [3.8, 4) is 23.0 Å². The molecule has 1 fully saturated rings. The van der Waals surface area contributed by atoms with Gasteiger partial charge in [0.05, 0.1) is 19.9 Å². The standard InChI is InChI=1S/C15H15NO5/c1-19-10-5-9(6-11(7-10)20-2)14-16-12(8-3-4-8)13(21-14)15(17)18/h5-8H,3-4H2,1-2H3,(H,17,18). The molecule has 1 heterocycles. The second kappa shape index (κ2) is 5.12. The lowest BCUT2D eigenvalue weighted by Crippen LogP contribution is -1.98. The van der Waals surface area contributed by atoms with Crippen LogP contribution in [0.5, 0.6) is 11.5 Å². The number of methoxy groups -OCH3 is 2. The highest BCUT2D eigenvalue weighted by atomic mass is 16.5. The summed E-state index contributed by atoms with van der Waals surface area (Å²) in [7, 11) is 3.10. The molecule has 6 nitrogen and oxygen atoms in total. The first-order chi connectivity index (χ1) is 10.1. The third-order valence-corrected chi connectivity index (χ3v) is 3.41. The van der Waals surface area contributed by atoms with Crippen LogP contribution in [0, 0.1) is 0 Å². The predicted octanol–water partition coefficient (Wildman–Crippen LogP) is 2.93. The normalized spacial score (nSPS) is 14.0. The highest BCUT2D eigenvalue weighted by molar-refractivity contribution is 5.86. The predicted molar refractivity (Wildman–Crippen MR) is 74.0 cm³/mol.